The third-order valence-electron chi connectivity index (χ3n) is 3.41. The maximum atomic E-state index is 11.7. The Hall–Kier alpha value is -2.75. The van der Waals surface area contributed by atoms with Crippen molar-refractivity contribution < 1.29 is 9.59 Å². The lowest BCUT2D eigenvalue weighted by Gasteiger charge is -2.29. The van der Waals surface area contributed by atoms with E-state index in [9.17, 15) is 9.59 Å². The minimum atomic E-state index is -0.774. The average Bonchev–Trinajstić information content (AvgIpc) is 2.50. The van der Waals surface area contributed by atoms with Crippen LogP contribution in [-0.2, 0) is 4.79 Å². The molecule has 1 atom stereocenters. The fourth-order valence-corrected chi connectivity index (χ4v) is 2.26. The molecule has 1 rings (SSSR count). The molecule has 0 saturated heterocycles. The molecular formula is C16H25N7O2S. The second kappa shape index (κ2) is 8.56. The number of hydrogen-bond acceptors (Lipinski definition) is 7. The lowest BCUT2D eigenvalue weighted by Crippen LogP contribution is -2.45. The van der Waals surface area contributed by atoms with Crippen molar-refractivity contribution in [1.29, 1.82) is 0 Å². The maximum absolute atomic E-state index is 11.7. The van der Waals surface area contributed by atoms with Crippen LogP contribution in [-0.4, -0.2) is 32.8 Å². The van der Waals surface area contributed by atoms with Gasteiger partial charge >= 0.3 is 0 Å². The van der Waals surface area contributed by atoms with Crippen molar-refractivity contribution in [3.8, 4) is 0 Å². The smallest absolute Gasteiger partial charge is 0.271 e. The number of amides is 2. The van der Waals surface area contributed by atoms with E-state index in [1.165, 1.54) is 6.20 Å². The molecule has 0 aliphatic rings. The van der Waals surface area contributed by atoms with Crippen molar-refractivity contribution in [1.82, 2.24) is 9.97 Å². The van der Waals surface area contributed by atoms with Crippen molar-refractivity contribution in [2.24, 2.45) is 22.6 Å². The van der Waals surface area contributed by atoms with Crippen LogP contribution in [0.4, 0.5) is 11.6 Å². The molecule has 0 aromatic carbocycles. The molecule has 1 heterocycles. The SMILES string of the molecule is CC/C(N)=C/C(=S)Nc1nc(NC(C(N)=O)C(C)(C)C)cnc1C(N)=O. The Morgan fingerprint density at radius 1 is 1.31 bits per heavy atom. The Morgan fingerprint density at radius 3 is 2.38 bits per heavy atom. The number of rotatable bonds is 7. The molecule has 0 spiro atoms. The molecular weight excluding hydrogens is 354 g/mol. The van der Waals surface area contributed by atoms with E-state index in [1.807, 2.05) is 27.7 Å². The monoisotopic (exact) mass is 379 g/mol. The molecule has 142 valence electrons. The van der Waals surface area contributed by atoms with E-state index in [0.29, 0.717) is 12.1 Å². The van der Waals surface area contributed by atoms with Crippen LogP contribution in [0.25, 0.3) is 0 Å². The van der Waals surface area contributed by atoms with Gasteiger partial charge in [0.2, 0.25) is 5.91 Å². The van der Waals surface area contributed by atoms with E-state index in [1.54, 1.807) is 6.08 Å². The van der Waals surface area contributed by atoms with Gasteiger partial charge in [-0.3, -0.25) is 9.59 Å². The van der Waals surface area contributed by atoms with Crippen molar-refractivity contribution in [3.63, 3.8) is 0 Å². The van der Waals surface area contributed by atoms with Crippen LogP contribution >= 0.6 is 12.2 Å². The zero-order chi connectivity index (χ0) is 20.1. The molecule has 26 heavy (non-hydrogen) atoms. The molecule has 1 aromatic rings. The Kier molecular flexibility index (Phi) is 7.01. The van der Waals surface area contributed by atoms with Gasteiger partial charge in [0.25, 0.3) is 5.91 Å². The largest absolute Gasteiger partial charge is 0.402 e. The van der Waals surface area contributed by atoms with E-state index in [2.05, 4.69) is 20.6 Å². The first-order valence-electron chi connectivity index (χ1n) is 7.95. The fourth-order valence-electron chi connectivity index (χ4n) is 2.01. The van der Waals surface area contributed by atoms with Crippen LogP contribution in [0.2, 0.25) is 0 Å². The number of thiocarbonyl (C=S) groups is 1. The average molecular weight is 379 g/mol. The summed E-state index contributed by atoms with van der Waals surface area (Å²) in [5.74, 6) is -1.01. The quantitative estimate of drug-likeness (QED) is 0.344. The number of nitrogens with one attached hydrogen (secondary N) is 2. The van der Waals surface area contributed by atoms with Gasteiger partial charge in [0.15, 0.2) is 11.5 Å². The van der Waals surface area contributed by atoms with Crippen molar-refractivity contribution in [2.45, 2.75) is 40.2 Å². The van der Waals surface area contributed by atoms with Crippen LogP contribution in [0, 0.1) is 5.41 Å². The number of carbonyl (C=O) groups is 2. The Balaban J connectivity index is 3.20. The lowest BCUT2D eigenvalue weighted by molar-refractivity contribution is -0.120. The standard InChI is InChI=1S/C16H25N7O2S/c1-5-8(17)6-10(26)23-15-11(13(18)24)20-7-9(22-15)21-12(14(19)25)16(2,3)4/h6-7,12H,5,17H2,1-4H3,(H2,18,24)(H2,19,25)(H2,21,22,23,26)/b8-6-. The molecule has 0 radical (unpaired) electrons. The Labute approximate surface area is 157 Å². The van der Waals surface area contributed by atoms with Crippen molar-refractivity contribution in [2.75, 3.05) is 10.6 Å². The fraction of sp³-hybridized carbons (Fsp3) is 0.438. The van der Waals surface area contributed by atoms with E-state index in [4.69, 9.17) is 29.4 Å². The summed E-state index contributed by atoms with van der Waals surface area (Å²) in [5, 5.41) is 5.71. The summed E-state index contributed by atoms with van der Waals surface area (Å²) in [4.78, 5) is 31.8. The zero-order valence-corrected chi connectivity index (χ0v) is 16.1. The van der Waals surface area contributed by atoms with Gasteiger partial charge in [0, 0.05) is 5.70 Å². The predicted octanol–water partition coefficient (Wildman–Crippen LogP) is 0.879. The number of allylic oxidation sites excluding steroid dienone is 1. The molecule has 8 N–H and O–H groups in total. The van der Waals surface area contributed by atoms with E-state index >= 15 is 0 Å². The molecule has 0 aliphatic heterocycles. The molecule has 1 unspecified atom stereocenters. The topological polar surface area (TPSA) is 162 Å². The first-order valence-corrected chi connectivity index (χ1v) is 8.36. The van der Waals surface area contributed by atoms with E-state index in [-0.39, 0.29) is 22.3 Å². The highest BCUT2D eigenvalue weighted by molar-refractivity contribution is 7.81. The minimum Gasteiger partial charge on any atom is -0.402 e. The molecule has 1 aromatic heterocycles. The van der Waals surface area contributed by atoms with Crippen LogP contribution in [0.1, 0.15) is 44.6 Å². The van der Waals surface area contributed by atoms with Crippen LogP contribution < -0.4 is 27.8 Å². The first kappa shape index (κ1) is 21.3. The summed E-state index contributed by atoms with van der Waals surface area (Å²) >= 11 is 5.17. The zero-order valence-electron chi connectivity index (χ0n) is 15.3. The summed E-state index contributed by atoms with van der Waals surface area (Å²) in [6.07, 6.45) is 3.46. The second-order valence-electron chi connectivity index (χ2n) is 6.72. The summed E-state index contributed by atoms with van der Waals surface area (Å²) in [7, 11) is 0. The number of primary amides is 2. The lowest BCUT2D eigenvalue weighted by atomic mass is 9.86. The number of hydrogen-bond donors (Lipinski definition) is 5. The van der Waals surface area contributed by atoms with Gasteiger partial charge < -0.3 is 27.8 Å². The number of aromatic nitrogens is 2. The molecule has 2 amide bonds. The molecule has 0 bridgehead atoms. The molecule has 0 fully saturated rings. The Morgan fingerprint density at radius 2 is 1.92 bits per heavy atom. The highest BCUT2D eigenvalue weighted by Gasteiger charge is 2.30. The third-order valence-corrected chi connectivity index (χ3v) is 3.63. The van der Waals surface area contributed by atoms with Gasteiger partial charge in [0.05, 0.1) is 6.20 Å². The van der Waals surface area contributed by atoms with E-state index in [0.717, 1.165) is 0 Å². The normalized spacial score (nSPS) is 13.0. The summed E-state index contributed by atoms with van der Waals surface area (Å²) < 4.78 is 0. The third kappa shape index (κ3) is 5.96. The second-order valence-corrected chi connectivity index (χ2v) is 7.16. The van der Waals surface area contributed by atoms with Gasteiger partial charge in [0.1, 0.15) is 16.8 Å². The predicted molar refractivity (Wildman–Crippen MR) is 105 cm³/mol. The van der Waals surface area contributed by atoms with Gasteiger partial charge in [-0.2, -0.15) is 0 Å². The number of nitrogens with two attached hydrogens (primary N) is 3. The number of anilines is 2. The highest BCUT2D eigenvalue weighted by Crippen LogP contribution is 2.23. The van der Waals surface area contributed by atoms with Crippen molar-refractivity contribution in [3.05, 3.63) is 23.7 Å². The van der Waals surface area contributed by atoms with Crippen molar-refractivity contribution >= 4 is 40.7 Å². The maximum Gasteiger partial charge on any atom is 0.271 e. The first-order chi connectivity index (χ1) is 12.0. The molecule has 10 heteroatoms. The summed E-state index contributed by atoms with van der Waals surface area (Å²) in [6, 6.07) is -0.702. The summed E-state index contributed by atoms with van der Waals surface area (Å²) in [6.45, 7) is 7.44. The van der Waals surface area contributed by atoms with Crippen LogP contribution in [0.3, 0.4) is 0 Å². The number of carbonyl (C=O) groups excluding carboxylic acids is 2. The summed E-state index contributed by atoms with van der Waals surface area (Å²) in [5.41, 5.74) is 16.5. The van der Waals surface area contributed by atoms with Gasteiger partial charge in [-0.25, -0.2) is 9.97 Å². The molecule has 9 nitrogen and oxygen atoms in total. The minimum absolute atomic E-state index is 0.0600. The highest BCUT2D eigenvalue weighted by atomic mass is 32.1. The van der Waals surface area contributed by atoms with Crippen LogP contribution in [0.5, 0.6) is 0 Å². The van der Waals surface area contributed by atoms with Gasteiger partial charge in [-0.05, 0) is 17.9 Å². The van der Waals surface area contributed by atoms with E-state index < -0.39 is 23.3 Å². The van der Waals surface area contributed by atoms with Crippen LogP contribution in [0.15, 0.2) is 18.0 Å². The molecule has 0 aliphatic carbocycles. The van der Waals surface area contributed by atoms with Gasteiger partial charge in [-0.15, -0.1) is 0 Å². The van der Waals surface area contributed by atoms with Gasteiger partial charge in [-0.1, -0.05) is 39.9 Å². The molecule has 0 saturated carbocycles. The Bertz CT molecular complexity index is 741. The number of nitrogens with zero attached hydrogens (tertiary/aromatic N) is 2.